The second kappa shape index (κ2) is 7.97. The molecular formula is C25H29N5O2. The number of amides is 1. The number of rotatable bonds is 3. The van der Waals surface area contributed by atoms with Gasteiger partial charge in [-0.25, -0.2) is 0 Å². The summed E-state index contributed by atoms with van der Waals surface area (Å²) in [5.41, 5.74) is 6.79. The molecule has 2 aromatic heterocycles. The van der Waals surface area contributed by atoms with Gasteiger partial charge in [0.2, 0.25) is 5.91 Å². The number of hydrogen-bond donors (Lipinski definition) is 2. The first kappa shape index (κ1) is 20.5. The van der Waals surface area contributed by atoms with Crippen LogP contribution in [0.2, 0.25) is 0 Å². The second-order valence-electron chi connectivity index (χ2n) is 9.05. The Morgan fingerprint density at radius 1 is 1.28 bits per heavy atom. The van der Waals surface area contributed by atoms with E-state index in [-0.39, 0.29) is 11.7 Å². The lowest BCUT2D eigenvalue weighted by Crippen LogP contribution is -2.48. The maximum absolute atomic E-state index is 11.9. The van der Waals surface area contributed by atoms with Crippen molar-refractivity contribution < 1.29 is 9.90 Å². The van der Waals surface area contributed by atoms with Crippen molar-refractivity contribution >= 4 is 22.5 Å². The average Bonchev–Trinajstić information content (AvgIpc) is 3.29. The number of aryl methyl sites for hydroxylation is 1. The molecule has 166 valence electrons. The van der Waals surface area contributed by atoms with Crippen molar-refractivity contribution in [1.29, 1.82) is 0 Å². The summed E-state index contributed by atoms with van der Waals surface area (Å²) in [4.78, 5) is 21.0. The van der Waals surface area contributed by atoms with Crippen molar-refractivity contribution in [3.8, 4) is 5.75 Å². The van der Waals surface area contributed by atoms with Gasteiger partial charge in [-0.05, 0) is 66.5 Å². The van der Waals surface area contributed by atoms with Crippen LogP contribution in [0.1, 0.15) is 35.2 Å². The molecule has 0 bridgehead atoms. The molecule has 32 heavy (non-hydrogen) atoms. The molecule has 1 saturated heterocycles. The largest absolute Gasteiger partial charge is 0.506 e. The van der Waals surface area contributed by atoms with E-state index in [2.05, 4.69) is 41.6 Å². The maximum atomic E-state index is 11.9. The van der Waals surface area contributed by atoms with Crippen molar-refractivity contribution in [1.82, 2.24) is 20.1 Å². The number of nitrogens with zero attached hydrogens (tertiary/aromatic N) is 4. The third-order valence-electron chi connectivity index (χ3n) is 7.19. The van der Waals surface area contributed by atoms with E-state index in [1.165, 1.54) is 22.9 Å². The lowest BCUT2D eigenvalue weighted by Gasteiger charge is -2.39. The number of aromatic nitrogens is 3. The van der Waals surface area contributed by atoms with Gasteiger partial charge in [0, 0.05) is 49.1 Å². The smallest absolute Gasteiger partial charge is 0.246 e. The number of aromatic amines is 1. The van der Waals surface area contributed by atoms with E-state index >= 15 is 0 Å². The monoisotopic (exact) mass is 431 g/mol. The van der Waals surface area contributed by atoms with Crippen LogP contribution < -0.4 is 4.90 Å². The molecule has 0 unspecified atom stereocenters. The molecule has 5 rings (SSSR count). The summed E-state index contributed by atoms with van der Waals surface area (Å²) in [6.45, 7) is 11.0. The summed E-state index contributed by atoms with van der Waals surface area (Å²) < 4.78 is 0. The van der Waals surface area contributed by atoms with Gasteiger partial charge >= 0.3 is 0 Å². The molecule has 0 spiro atoms. The fraction of sp³-hybridized carbons (Fsp3) is 0.400. The molecule has 2 atom stereocenters. The van der Waals surface area contributed by atoms with Crippen LogP contribution in [0.5, 0.6) is 5.75 Å². The molecule has 1 fully saturated rings. The topological polar surface area (TPSA) is 85.4 Å². The molecule has 7 heteroatoms. The first-order valence-corrected chi connectivity index (χ1v) is 11.3. The SMILES string of the molecule is C=CC(=O)N1CCN(c2ccnc3c2C[C@@H](C)[C@H](c2c(C)cc(O)c4[nH]ncc24)C3)CC1. The van der Waals surface area contributed by atoms with Crippen molar-refractivity contribution in [2.24, 2.45) is 5.92 Å². The molecule has 0 saturated carbocycles. The Morgan fingerprint density at radius 2 is 2.06 bits per heavy atom. The number of carbonyl (C=O) groups excluding carboxylic acids is 1. The molecule has 2 N–H and O–H groups in total. The van der Waals surface area contributed by atoms with Crippen LogP contribution in [0.15, 0.2) is 37.2 Å². The number of phenolic OH excluding ortho intramolecular Hbond substituents is 1. The predicted molar refractivity (Wildman–Crippen MR) is 125 cm³/mol. The molecule has 7 nitrogen and oxygen atoms in total. The van der Waals surface area contributed by atoms with E-state index < -0.39 is 0 Å². The van der Waals surface area contributed by atoms with Crippen molar-refractivity contribution in [2.75, 3.05) is 31.1 Å². The van der Waals surface area contributed by atoms with E-state index in [0.29, 0.717) is 30.4 Å². The first-order valence-electron chi connectivity index (χ1n) is 11.3. The molecule has 1 aliphatic carbocycles. The molecule has 3 aromatic rings. The zero-order valence-corrected chi connectivity index (χ0v) is 18.6. The zero-order valence-electron chi connectivity index (χ0n) is 18.6. The van der Waals surface area contributed by atoms with E-state index in [1.54, 1.807) is 0 Å². The van der Waals surface area contributed by atoms with Gasteiger partial charge in [-0.1, -0.05) is 13.5 Å². The van der Waals surface area contributed by atoms with Crippen LogP contribution in [-0.2, 0) is 17.6 Å². The van der Waals surface area contributed by atoms with Crippen LogP contribution in [0.4, 0.5) is 5.69 Å². The standard InChI is InChI=1S/C25H29N5O2/c1-4-23(32)30-9-7-29(8-10-30)21-5-6-26-20-13-17(15(2)11-18(20)21)24-16(3)12-22(31)25-19(24)14-27-28-25/h4-6,12,14-15,17,31H,1,7-11,13H2,2-3H3,(H,27,28)/t15-,17-/m1/s1. The third-order valence-corrected chi connectivity index (χ3v) is 7.19. The Morgan fingerprint density at radius 3 is 2.81 bits per heavy atom. The van der Waals surface area contributed by atoms with Crippen molar-refractivity contribution in [2.45, 2.75) is 32.6 Å². The first-order chi connectivity index (χ1) is 15.5. The number of carbonyl (C=O) groups is 1. The summed E-state index contributed by atoms with van der Waals surface area (Å²) in [5.74, 6) is 0.994. The third kappa shape index (κ3) is 3.32. The number of aromatic hydroxyl groups is 1. The fourth-order valence-corrected chi connectivity index (χ4v) is 5.52. The highest BCUT2D eigenvalue weighted by atomic mass is 16.3. The van der Waals surface area contributed by atoms with Gasteiger partial charge in [-0.2, -0.15) is 5.10 Å². The Kier molecular flexibility index (Phi) is 5.12. The Bertz CT molecular complexity index is 1190. The number of fused-ring (bicyclic) bond motifs is 2. The molecule has 0 radical (unpaired) electrons. The van der Waals surface area contributed by atoms with E-state index in [9.17, 15) is 9.90 Å². The van der Waals surface area contributed by atoms with E-state index in [1.807, 2.05) is 23.4 Å². The maximum Gasteiger partial charge on any atom is 0.246 e. The number of benzene rings is 1. The number of pyridine rings is 1. The minimum absolute atomic E-state index is 0.00713. The van der Waals surface area contributed by atoms with Gasteiger partial charge in [0.15, 0.2) is 0 Å². The highest BCUT2D eigenvalue weighted by molar-refractivity contribution is 5.89. The van der Waals surface area contributed by atoms with E-state index in [4.69, 9.17) is 4.98 Å². The molecule has 1 amide bonds. The summed E-state index contributed by atoms with van der Waals surface area (Å²) in [5, 5.41) is 18.4. The Hall–Kier alpha value is -3.35. The van der Waals surface area contributed by atoms with Crippen molar-refractivity contribution in [3.05, 3.63) is 59.6 Å². The van der Waals surface area contributed by atoms with Crippen LogP contribution in [0.25, 0.3) is 10.9 Å². The summed E-state index contributed by atoms with van der Waals surface area (Å²) >= 11 is 0. The number of nitrogens with one attached hydrogen (secondary N) is 1. The lowest BCUT2D eigenvalue weighted by atomic mass is 9.73. The number of anilines is 1. The Labute approximate surface area is 187 Å². The number of piperazine rings is 1. The van der Waals surface area contributed by atoms with Crippen LogP contribution in [0, 0.1) is 12.8 Å². The highest BCUT2D eigenvalue weighted by Crippen LogP contribution is 2.44. The molecule has 3 heterocycles. The van der Waals surface area contributed by atoms with Crippen LogP contribution in [-0.4, -0.2) is 57.3 Å². The predicted octanol–water partition coefficient (Wildman–Crippen LogP) is 3.33. The number of phenols is 1. The highest BCUT2D eigenvalue weighted by Gasteiger charge is 2.33. The van der Waals surface area contributed by atoms with Crippen molar-refractivity contribution in [3.63, 3.8) is 0 Å². The fourth-order valence-electron chi connectivity index (χ4n) is 5.52. The number of H-pyrrole nitrogens is 1. The van der Waals surface area contributed by atoms with Gasteiger partial charge < -0.3 is 14.9 Å². The normalized spacial score (nSPS) is 20.9. The lowest BCUT2D eigenvalue weighted by molar-refractivity contribution is -0.126. The van der Waals surface area contributed by atoms with Gasteiger partial charge in [0.05, 0.1) is 6.20 Å². The molecular weight excluding hydrogens is 402 g/mol. The van der Waals surface area contributed by atoms with Gasteiger partial charge in [-0.3, -0.25) is 14.9 Å². The molecule has 1 aliphatic heterocycles. The summed E-state index contributed by atoms with van der Waals surface area (Å²) in [6, 6.07) is 3.96. The van der Waals surface area contributed by atoms with Crippen LogP contribution >= 0.6 is 0 Å². The summed E-state index contributed by atoms with van der Waals surface area (Å²) in [6.07, 6.45) is 6.96. The van der Waals surface area contributed by atoms with Gasteiger partial charge in [-0.15, -0.1) is 0 Å². The average molecular weight is 432 g/mol. The summed E-state index contributed by atoms with van der Waals surface area (Å²) in [7, 11) is 0. The minimum atomic E-state index is 0.00713. The second-order valence-corrected chi connectivity index (χ2v) is 9.05. The zero-order chi connectivity index (χ0) is 22.4. The van der Waals surface area contributed by atoms with Gasteiger partial charge in [0.25, 0.3) is 0 Å². The van der Waals surface area contributed by atoms with E-state index in [0.717, 1.165) is 42.6 Å². The quantitative estimate of drug-likeness (QED) is 0.622. The molecule has 1 aromatic carbocycles. The van der Waals surface area contributed by atoms with Gasteiger partial charge in [0.1, 0.15) is 11.3 Å². The minimum Gasteiger partial charge on any atom is -0.506 e. The Balaban J connectivity index is 1.45. The number of hydrogen-bond acceptors (Lipinski definition) is 5. The van der Waals surface area contributed by atoms with Crippen LogP contribution in [0.3, 0.4) is 0 Å². The molecule has 2 aliphatic rings.